The summed E-state index contributed by atoms with van der Waals surface area (Å²) < 4.78 is 32.2. The fourth-order valence-electron chi connectivity index (χ4n) is 2.77. The number of benzene rings is 2. The number of carbonyl (C=O) groups excluding carboxylic acids is 2. The predicted molar refractivity (Wildman–Crippen MR) is 91.7 cm³/mol. The van der Waals surface area contributed by atoms with Gasteiger partial charge in [-0.25, -0.2) is 13.6 Å². The number of carbonyl (C=O) groups is 2. The Morgan fingerprint density at radius 3 is 1.96 bits per heavy atom. The van der Waals surface area contributed by atoms with Crippen LogP contribution >= 0.6 is 0 Å². The van der Waals surface area contributed by atoms with Crippen LogP contribution in [0.15, 0.2) is 48.5 Å². The van der Waals surface area contributed by atoms with Gasteiger partial charge in [-0.05, 0) is 35.4 Å². The Morgan fingerprint density at radius 1 is 1.00 bits per heavy atom. The molecule has 3 rings (SSSR count). The molecule has 0 aliphatic carbocycles. The third-order valence-electron chi connectivity index (χ3n) is 4.13. The van der Waals surface area contributed by atoms with Gasteiger partial charge in [0.15, 0.2) is 0 Å². The third kappa shape index (κ3) is 4.66. The van der Waals surface area contributed by atoms with Crippen molar-refractivity contribution in [3.8, 4) is 0 Å². The summed E-state index contributed by atoms with van der Waals surface area (Å²) in [5, 5.41) is 12.5. The number of imide groups is 1. The number of rotatable bonds is 7. The molecule has 1 heterocycles. The van der Waals surface area contributed by atoms with E-state index in [1.165, 1.54) is 48.5 Å². The lowest BCUT2D eigenvalue weighted by Gasteiger charge is -2.22. The molecule has 8 heteroatoms. The van der Waals surface area contributed by atoms with Crippen molar-refractivity contribution in [3.05, 3.63) is 71.3 Å². The molecule has 0 saturated carbocycles. The van der Waals surface area contributed by atoms with Gasteiger partial charge >= 0.3 is 6.03 Å². The number of nitrogens with one attached hydrogen (secondary N) is 1. The summed E-state index contributed by atoms with van der Waals surface area (Å²) in [5.74, 6) is -1.24. The molecular formula is C19H18F2N2O4. The SMILES string of the molecule is O=C1CNC(=O)N1C[C@H](O)COC(c1ccc(F)cc1)c1ccc(F)cc1. The predicted octanol–water partition coefficient (Wildman–Crippen LogP) is 1.98. The molecule has 1 fully saturated rings. The maximum absolute atomic E-state index is 13.2. The molecule has 3 amide bonds. The lowest BCUT2D eigenvalue weighted by atomic mass is 10.0. The van der Waals surface area contributed by atoms with Gasteiger partial charge in [0.25, 0.3) is 0 Å². The highest BCUT2D eigenvalue weighted by Crippen LogP contribution is 2.27. The Kier molecular flexibility index (Phi) is 5.78. The van der Waals surface area contributed by atoms with Crippen molar-refractivity contribution in [2.75, 3.05) is 19.7 Å². The first-order valence-electron chi connectivity index (χ1n) is 8.33. The van der Waals surface area contributed by atoms with Crippen LogP contribution in [0.2, 0.25) is 0 Å². The quantitative estimate of drug-likeness (QED) is 0.725. The van der Waals surface area contributed by atoms with Crippen LogP contribution in [0.5, 0.6) is 0 Å². The third-order valence-corrected chi connectivity index (χ3v) is 4.13. The van der Waals surface area contributed by atoms with Gasteiger partial charge in [-0.15, -0.1) is 0 Å². The summed E-state index contributed by atoms with van der Waals surface area (Å²) in [6.07, 6.45) is -1.79. The van der Waals surface area contributed by atoms with Crippen molar-refractivity contribution >= 4 is 11.9 Å². The normalized spacial score (nSPS) is 15.3. The second kappa shape index (κ2) is 8.24. The average molecular weight is 376 g/mol. The molecule has 2 aromatic rings. The molecule has 0 spiro atoms. The minimum Gasteiger partial charge on any atom is -0.389 e. The largest absolute Gasteiger partial charge is 0.389 e. The summed E-state index contributed by atoms with van der Waals surface area (Å²) >= 11 is 0. The monoisotopic (exact) mass is 376 g/mol. The number of halogens is 2. The van der Waals surface area contributed by atoms with E-state index in [2.05, 4.69) is 5.32 Å². The molecule has 0 bridgehead atoms. The van der Waals surface area contributed by atoms with Crippen LogP contribution in [0.4, 0.5) is 13.6 Å². The van der Waals surface area contributed by atoms with Crippen LogP contribution < -0.4 is 5.32 Å². The zero-order chi connectivity index (χ0) is 19.4. The first-order valence-corrected chi connectivity index (χ1v) is 8.33. The van der Waals surface area contributed by atoms with E-state index in [-0.39, 0.29) is 19.7 Å². The Labute approximate surface area is 154 Å². The van der Waals surface area contributed by atoms with E-state index in [9.17, 15) is 23.5 Å². The Balaban J connectivity index is 1.71. The van der Waals surface area contributed by atoms with Crippen molar-refractivity contribution in [2.45, 2.75) is 12.2 Å². The number of amides is 3. The molecule has 0 radical (unpaired) electrons. The highest BCUT2D eigenvalue weighted by molar-refractivity contribution is 6.01. The van der Waals surface area contributed by atoms with Crippen molar-refractivity contribution in [1.29, 1.82) is 0 Å². The Morgan fingerprint density at radius 2 is 1.52 bits per heavy atom. The minimum atomic E-state index is -1.11. The van der Waals surface area contributed by atoms with Crippen molar-refractivity contribution in [1.82, 2.24) is 10.2 Å². The molecular weight excluding hydrogens is 358 g/mol. The van der Waals surface area contributed by atoms with E-state index in [0.717, 1.165) is 4.90 Å². The maximum atomic E-state index is 13.2. The number of aliphatic hydroxyl groups is 1. The van der Waals surface area contributed by atoms with Crippen LogP contribution in [-0.2, 0) is 9.53 Å². The maximum Gasteiger partial charge on any atom is 0.324 e. The van der Waals surface area contributed by atoms with Gasteiger partial charge in [0.2, 0.25) is 5.91 Å². The lowest BCUT2D eigenvalue weighted by molar-refractivity contribution is -0.126. The number of hydrogen-bond acceptors (Lipinski definition) is 4. The molecule has 0 aromatic heterocycles. The zero-order valence-corrected chi connectivity index (χ0v) is 14.3. The van der Waals surface area contributed by atoms with Crippen molar-refractivity contribution in [2.24, 2.45) is 0 Å². The van der Waals surface area contributed by atoms with E-state index in [1.54, 1.807) is 0 Å². The minimum absolute atomic E-state index is 0.0970. The van der Waals surface area contributed by atoms with E-state index in [4.69, 9.17) is 4.74 Å². The summed E-state index contributed by atoms with van der Waals surface area (Å²) in [7, 11) is 0. The van der Waals surface area contributed by atoms with Gasteiger partial charge in [-0.1, -0.05) is 24.3 Å². The highest BCUT2D eigenvalue weighted by Gasteiger charge is 2.30. The fraction of sp³-hybridized carbons (Fsp3) is 0.263. The molecule has 2 aromatic carbocycles. The number of ether oxygens (including phenoxy) is 1. The van der Waals surface area contributed by atoms with E-state index in [1.807, 2.05) is 0 Å². The smallest absolute Gasteiger partial charge is 0.324 e. The van der Waals surface area contributed by atoms with E-state index in [0.29, 0.717) is 11.1 Å². The van der Waals surface area contributed by atoms with Crippen LogP contribution in [0.1, 0.15) is 17.2 Å². The van der Waals surface area contributed by atoms with Crippen LogP contribution in [0.25, 0.3) is 0 Å². The topological polar surface area (TPSA) is 78.9 Å². The lowest BCUT2D eigenvalue weighted by Crippen LogP contribution is -2.39. The zero-order valence-electron chi connectivity index (χ0n) is 14.3. The molecule has 2 N–H and O–H groups in total. The summed E-state index contributed by atoms with van der Waals surface area (Å²) in [6.45, 7) is -0.485. The van der Waals surface area contributed by atoms with Crippen LogP contribution in [-0.4, -0.2) is 47.7 Å². The number of nitrogens with zero attached hydrogens (tertiary/aromatic N) is 1. The van der Waals surface area contributed by atoms with E-state index >= 15 is 0 Å². The number of β-amino-alcohol motifs (C(OH)–C–C–N with tert-alkyl or cyclic N) is 1. The van der Waals surface area contributed by atoms with Gasteiger partial charge in [0.1, 0.15) is 17.7 Å². The molecule has 0 unspecified atom stereocenters. The van der Waals surface area contributed by atoms with Gasteiger partial charge < -0.3 is 15.2 Å². The molecule has 27 heavy (non-hydrogen) atoms. The average Bonchev–Trinajstić information content (AvgIpc) is 2.96. The summed E-state index contributed by atoms with van der Waals surface area (Å²) in [6, 6.07) is 10.7. The van der Waals surface area contributed by atoms with E-state index < -0.39 is 35.8 Å². The van der Waals surface area contributed by atoms with Crippen molar-refractivity contribution in [3.63, 3.8) is 0 Å². The molecule has 142 valence electrons. The van der Waals surface area contributed by atoms with Gasteiger partial charge in [-0.3, -0.25) is 9.69 Å². The van der Waals surface area contributed by atoms with Crippen LogP contribution in [0, 0.1) is 11.6 Å². The highest BCUT2D eigenvalue weighted by atomic mass is 19.1. The first-order chi connectivity index (χ1) is 12.9. The second-order valence-electron chi connectivity index (χ2n) is 6.13. The first kappa shape index (κ1) is 18.9. The van der Waals surface area contributed by atoms with Gasteiger partial charge in [0.05, 0.1) is 25.8 Å². The summed E-state index contributed by atoms with van der Waals surface area (Å²) in [5.41, 5.74) is 1.23. The Hall–Kier alpha value is -2.84. The van der Waals surface area contributed by atoms with Gasteiger partial charge in [-0.2, -0.15) is 0 Å². The van der Waals surface area contributed by atoms with Gasteiger partial charge in [0, 0.05) is 0 Å². The molecule has 1 saturated heterocycles. The standard InChI is InChI=1S/C19H18F2N2O4/c20-14-5-1-12(2-6-14)18(13-3-7-15(21)8-4-13)27-11-16(24)10-23-17(25)9-22-19(23)26/h1-8,16,18,24H,9-11H2,(H,22,26)/t16-/m0/s1. The number of hydrogen-bond donors (Lipinski definition) is 2. The van der Waals surface area contributed by atoms with Crippen LogP contribution in [0.3, 0.4) is 0 Å². The number of aliphatic hydroxyl groups excluding tert-OH is 1. The van der Waals surface area contributed by atoms with Crippen molar-refractivity contribution < 1.29 is 28.2 Å². The second-order valence-corrected chi connectivity index (χ2v) is 6.13. The molecule has 1 aliphatic heterocycles. The molecule has 1 atom stereocenters. The fourth-order valence-corrected chi connectivity index (χ4v) is 2.77. The Bertz CT molecular complexity index is 750. The molecule has 6 nitrogen and oxygen atoms in total. The molecule has 1 aliphatic rings. The number of urea groups is 1. The summed E-state index contributed by atoms with van der Waals surface area (Å²) in [4.78, 5) is 24.0.